The number of fused-ring (bicyclic) bond motifs is 5. The molecule has 4 rings (SSSR count). The van der Waals surface area contributed by atoms with Gasteiger partial charge in [-0.2, -0.15) is 0 Å². The molecule has 0 aliphatic heterocycles. The first-order chi connectivity index (χ1) is 10.7. The SMILES string of the molecule is Cn1c2c(c(=O)n1-c1ccc(F)cc1F)[C@@H]1CC[C@@]2(C)C1(C)C. The molecule has 3 nitrogen and oxygen atoms in total. The number of benzene rings is 1. The minimum Gasteiger partial charge on any atom is -0.284 e. The highest BCUT2D eigenvalue weighted by Crippen LogP contribution is 2.66. The fourth-order valence-corrected chi connectivity index (χ4v) is 4.95. The van der Waals surface area contributed by atoms with E-state index in [9.17, 15) is 13.6 Å². The number of hydrogen-bond acceptors (Lipinski definition) is 1. The molecule has 0 radical (unpaired) electrons. The van der Waals surface area contributed by atoms with Crippen molar-refractivity contribution in [3.63, 3.8) is 0 Å². The molecule has 0 N–H and O–H groups in total. The smallest absolute Gasteiger partial charge is 0.275 e. The van der Waals surface area contributed by atoms with Crippen LogP contribution in [0.4, 0.5) is 8.78 Å². The first-order valence-electron chi connectivity index (χ1n) is 7.98. The molecule has 1 fully saturated rings. The lowest BCUT2D eigenvalue weighted by Gasteiger charge is -2.36. The Morgan fingerprint density at radius 1 is 1.22 bits per heavy atom. The summed E-state index contributed by atoms with van der Waals surface area (Å²) in [5.41, 5.74) is 1.68. The van der Waals surface area contributed by atoms with Crippen molar-refractivity contribution >= 4 is 0 Å². The molecule has 5 heteroatoms. The van der Waals surface area contributed by atoms with Gasteiger partial charge >= 0.3 is 0 Å². The second-order valence-corrected chi connectivity index (χ2v) is 7.64. The van der Waals surface area contributed by atoms with Crippen molar-refractivity contribution in [3.05, 3.63) is 51.4 Å². The molecule has 0 spiro atoms. The van der Waals surface area contributed by atoms with Crippen molar-refractivity contribution in [2.75, 3.05) is 0 Å². The molecule has 2 aliphatic rings. The van der Waals surface area contributed by atoms with E-state index in [4.69, 9.17) is 0 Å². The lowest BCUT2D eigenvalue weighted by atomic mass is 9.70. The van der Waals surface area contributed by atoms with Gasteiger partial charge in [-0.15, -0.1) is 0 Å². The second-order valence-electron chi connectivity index (χ2n) is 7.64. The number of nitrogens with zero attached hydrogens (tertiary/aromatic N) is 2. The van der Waals surface area contributed by atoms with Gasteiger partial charge in [-0.1, -0.05) is 20.8 Å². The van der Waals surface area contributed by atoms with E-state index >= 15 is 0 Å². The zero-order valence-corrected chi connectivity index (χ0v) is 13.8. The summed E-state index contributed by atoms with van der Waals surface area (Å²) >= 11 is 0. The van der Waals surface area contributed by atoms with E-state index in [-0.39, 0.29) is 28.0 Å². The van der Waals surface area contributed by atoms with Gasteiger partial charge in [-0.05, 0) is 36.3 Å². The third-order valence-corrected chi connectivity index (χ3v) is 6.54. The largest absolute Gasteiger partial charge is 0.284 e. The van der Waals surface area contributed by atoms with Crippen LogP contribution in [0.3, 0.4) is 0 Å². The van der Waals surface area contributed by atoms with Gasteiger partial charge in [0.25, 0.3) is 5.56 Å². The normalized spacial score (nSPS) is 27.5. The lowest BCUT2D eigenvalue weighted by Crippen LogP contribution is -2.35. The summed E-state index contributed by atoms with van der Waals surface area (Å²) in [7, 11) is 1.80. The predicted octanol–water partition coefficient (Wildman–Crippen LogP) is 3.63. The number of rotatable bonds is 1. The average Bonchev–Trinajstić information content (AvgIpc) is 2.92. The molecule has 0 amide bonds. The number of aromatic nitrogens is 2. The van der Waals surface area contributed by atoms with Crippen molar-refractivity contribution in [1.82, 2.24) is 9.36 Å². The Hall–Kier alpha value is -1.91. The number of halogens is 2. The second kappa shape index (κ2) is 4.13. The summed E-state index contributed by atoms with van der Waals surface area (Å²) < 4.78 is 30.5. The maximum absolute atomic E-state index is 14.2. The standard InChI is InChI=1S/C18H20F2N2O/c1-17(2)11-7-8-18(17,3)15-14(11)16(23)22(21(15)4)13-6-5-10(19)9-12(13)20/h5-6,9,11H,7-8H2,1-4H3/t11-,18+/m0/s1. The van der Waals surface area contributed by atoms with Crippen LogP contribution in [-0.2, 0) is 12.5 Å². The summed E-state index contributed by atoms with van der Waals surface area (Å²) in [6.45, 7) is 6.63. The van der Waals surface area contributed by atoms with Gasteiger partial charge in [0.05, 0.1) is 5.69 Å². The van der Waals surface area contributed by atoms with Crippen molar-refractivity contribution in [2.45, 2.75) is 44.9 Å². The molecule has 2 aliphatic carbocycles. The monoisotopic (exact) mass is 318 g/mol. The summed E-state index contributed by atoms with van der Waals surface area (Å²) in [5.74, 6) is -1.16. The van der Waals surface area contributed by atoms with Crippen molar-refractivity contribution in [1.29, 1.82) is 0 Å². The van der Waals surface area contributed by atoms with Gasteiger partial charge in [0.2, 0.25) is 0 Å². The molecule has 122 valence electrons. The van der Waals surface area contributed by atoms with Crippen LogP contribution >= 0.6 is 0 Å². The summed E-state index contributed by atoms with van der Waals surface area (Å²) in [5, 5.41) is 0. The van der Waals surface area contributed by atoms with Gasteiger partial charge in [-0.3, -0.25) is 9.48 Å². The molecule has 0 saturated heterocycles. The zero-order valence-electron chi connectivity index (χ0n) is 13.8. The van der Waals surface area contributed by atoms with E-state index in [1.807, 2.05) is 0 Å². The van der Waals surface area contributed by atoms with E-state index in [1.165, 1.54) is 16.8 Å². The molecular weight excluding hydrogens is 298 g/mol. The fraction of sp³-hybridized carbons (Fsp3) is 0.500. The highest BCUT2D eigenvalue weighted by molar-refractivity contribution is 5.47. The quantitative estimate of drug-likeness (QED) is 0.789. The molecule has 1 aromatic carbocycles. The first-order valence-corrected chi connectivity index (χ1v) is 7.98. The van der Waals surface area contributed by atoms with Gasteiger partial charge in [0.15, 0.2) is 5.82 Å². The van der Waals surface area contributed by atoms with E-state index in [1.54, 1.807) is 11.7 Å². The van der Waals surface area contributed by atoms with Crippen LogP contribution in [0.2, 0.25) is 0 Å². The van der Waals surface area contributed by atoms with Crippen LogP contribution in [0.15, 0.2) is 23.0 Å². The third kappa shape index (κ3) is 1.51. The molecule has 1 heterocycles. The predicted molar refractivity (Wildman–Crippen MR) is 84.0 cm³/mol. The van der Waals surface area contributed by atoms with Crippen LogP contribution in [-0.4, -0.2) is 9.36 Å². The minimum atomic E-state index is -0.719. The van der Waals surface area contributed by atoms with Gasteiger partial charge in [-0.25, -0.2) is 13.5 Å². The Morgan fingerprint density at radius 2 is 1.91 bits per heavy atom. The molecule has 2 aromatic rings. The highest BCUT2D eigenvalue weighted by Gasteiger charge is 2.62. The molecular formula is C18H20F2N2O. The van der Waals surface area contributed by atoms with Crippen molar-refractivity contribution < 1.29 is 8.78 Å². The Labute approximate surface area is 133 Å². The molecule has 1 saturated carbocycles. The topological polar surface area (TPSA) is 26.9 Å². The molecule has 0 unspecified atom stereocenters. The van der Waals surface area contributed by atoms with Crippen molar-refractivity contribution in [2.24, 2.45) is 12.5 Å². The average molecular weight is 318 g/mol. The van der Waals surface area contributed by atoms with E-state index in [2.05, 4.69) is 20.8 Å². The molecule has 2 bridgehead atoms. The fourth-order valence-electron chi connectivity index (χ4n) is 4.95. The summed E-state index contributed by atoms with van der Waals surface area (Å²) in [6.07, 6.45) is 2.02. The Morgan fingerprint density at radius 3 is 2.52 bits per heavy atom. The van der Waals surface area contributed by atoms with E-state index in [0.29, 0.717) is 0 Å². The van der Waals surface area contributed by atoms with Crippen LogP contribution in [0.1, 0.15) is 50.8 Å². The van der Waals surface area contributed by atoms with E-state index in [0.717, 1.165) is 30.2 Å². The maximum atomic E-state index is 14.2. The van der Waals surface area contributed by atoms with Crippen LogP contribution in [0, 0.1) is 17.0 Å². The first kappa shape index (κ1) is 14.7. The van der Waals surface area contributed by atoms with Gasteiger partial charge in [0.1, 0.15) is 11.5 Å². The minimum absolute atomic E-state index is 0.0228. The van der Waals surface area contributed by atoms with Crippen LogP contribution in [0.5, 0.6) is 0 Å². The zero-order chi connectivity index (χ0) is 16.7. The lowest BCUT2D eigenvalue weighted by molar-refractivity contribution is 0.217. The summed E-state index contributed by atoms with van der Waals surface area (Å²) in [4.78, 5) is 13.0. The molecule has 2 atom stereocenters. The van der Waals surface area contributed by atoms with Crippen molar-refractivity contribution in [3.8, 4) is 5.69 Å². The third-order valence-electron chi connectivity index (χ3n) is 6.54. The van der Waals surface area contributed by atoms with Crippen LogP contribution in [0.25, 0.3) is 5.69 Å². The Balaban J connectivity index is 2.03. The molecule has 23 heavy (non-hydrogen) atoms. The maximum Gasteiger partial charge on any atom is 0.275 e. The Bertz CT molecular complexity index is 893. The Kier molecular flexibility index (Phi) is 2.64. The van der Waals surface area contributed by atoms with Gasteiger partial charge in [0, 0.05) is 24.1 Å². The molecule has 1 aromatic heterocycles. The number of hydrogen-bond donors (Lipinski definition) is 0. The van der Waals surface area contributed by atoms with Crippen LogP contribution < -0.4 is 5.56 Å². The highest BCUT2D eigenvalue weighted by atomic mass is 19.1. The van der Waals surface area contributed by atoms with Gasteiger partial charge < -0.3 is 0 Å². The summed E-state index contributed by atoms with van der Waals surface area (Å²) in [6, 6.07) is 3.33. The van der Waals surface area contributed by atoms with E-state index < -0.39 is 11.6 Å².